The molecule has 0 atom stereocenters. The van der Waals surface area contributed by atoms with Crippen LogP contribution in [0.3, 0.4) is 0 Å². The predicted octanol–water partition coefficient (Wildman–Crippen LogP) is 3.51. The minimum absolute atomic E-state index is 1.00. The maximum absolute atomic E-state index is 5.31. The van der Waals surface area contributed by atoms with Crippen molar-refractivity contribution < 1.29 is 4.74 Å². The van der Waals surface area contributed by atoms with Crippen LogP contribution in [0, 0.1) is 6.92 Å². The van der Waals surface area contributed by atoms with Gasteiger partial charge in [0.25, 0.3) is 0 Å². The molecule has 0 radical (unpaired) electrons. The van der Waals surface area contributed by atoms with Crippen LogP contribution in [0.5, 0.6) is 5.75 Å². The van der Waals surface area contributed by atoms with E-state index in [1.807, 2.05) is 13.0 Å². The summed E-state index contributed by atoms with van der Waals surface area (Å²) in [5.74, 6) is 1.00. The fourth-order valence-electron chi connectivity index (χ4n) is 1.51. The summed E-state index contributed by atoms with van der Waals surface area (Å²) in [7, 11) is 1.73. The zero-order valence-electron chi connectivity index (χ0n) is 9.21. The van der Waals surface area contributed by atoms with Gasteiger partial charge in [0, 0.05) is 0 Å². The first-order valence-corrected chi connectivity index (χ1v) is 5.02. The van der Waals surface area contributed by atoms with E-state index in [4.69, 9.17) is 4.74 Å². The Balaban J connectivity index is 2.76. The topological polar surface area (TPSA) is 9.23 Å². The number of hydrogen-bond donors (Lipinski definition) is 0. The van der Waals surface area contributed by atoms with E-state index in [9.17, 15) is 0 Å². The minimum atomic E-state index is 1.00. The maximum Gasteiger partial charge on any atom is 0.122 e. The van der Waals surface area contributed by atoms with Crippen LogP contribution >= 0.6 is 0 Å². The van der Waals surface area contributed by atoms with Crippen LogP contribution < -0.4 is 4.74 Å². The van der Waals surface area contributed by atoms with Gasteiger partial charge < -0.3 is 4.74 Å². The zero-order valence-corrected chi connectivity index (χ0v) is 9.21. The first-order valence-electron chi connectivity index (χ1n) is 5.02. The summed E-state index contributed by atoms with van der Waals surface area (Å²) in [5.41, 5.74) is 2.59. The van der Waals surface area contributed by atoms with E-state index >= 15 is 0 Å². The van der Waals surface area contributed by atoms with Crippen molar-refractivity contribution in [2.45, 2.75) is 26.7 Å². The highest BCUT2D eigenvalue weighted by atomic mass is 16.5. The predicted molar refractivity (Wildman–Crippen MR) is 60.9 cm³/mol. The number of ether oxygens (including phenoxy) is 1. The monoisotopic (exact) mass is 190 g/mol. The highest BCUT2D eigenvalue weighted by Crippen LogP contribution is 2.21. The third kappa shape index (κ3) is 2.91. The smallest absolute Gasteiger partial charge is 0.122 e. The Kier molecular flexibility index (Phi) is 4.24. The molecule has 0 spiro atoms. The van der Waals surface area contributed by atoms with Gasteiger partial charge in [-0.1, -0.05) is 29.8 Å². The van der Waals surface area contributed by atoms with Crippen LogP contribution in [-0.4, -0.2) is 7.11 Å². The Morgan fingerprint density at radius 1 is 1.36 bits per heavy atom. The largest absolute Gasteiger partial charge is 0.496 e. The molecule has 0 N–H and O–H groups in total. The summed E-state index contributed by atoms with van der Waals surface area (Å²) in [5, 5.41) is 0. The minimum Gasteiger partial charge on any atom is -0.496 e. The number of methoxy groups -OCH3 is 1. The van der Waals surface area contributed by atoms with Crippen molar-refractivity contribution in [1.82, 2.24) is 0 Å². The van der Waals surface area contributed by atoms with Crippen LogP contribution in [0.2, 0.25) is 0 Å². The van der Waals surface area contributed by atoms with Gasteiger partial charge in [-0.3, -0.25) is 0 Å². The lowest BCUT2D eigenvalue weighted by atomic mass is 10.1. The van der Waals surface area contributed by atoms with E-state index in [0.717, 1.165) is 18.6 Å². The van der Waals surface area contributed by atoms with Gasteiger partial charge >= 0.3 is 0 Å². The van der Waals surface area contributed by atoms with Crippen LogP contribution in [-0.2, 0) is 6.42 Å². The molecule has 0 saturated carbocycles. The van der Waals surface area contributed by atoms with Crippen molar-refractivity contribution in [3.8, 4) is 5.75 Å². The van der Waals surface area contributed by atoms with E-state index in [1.165, 1.54) is 11.1 Å². The van der Waals surface area contributed by atoms with Gasteiger partial charge in [-0.25, -0.2) is 0 Å². The molecule has 0 aliphatic rings. The van der Waals surface area contributed by atoms with Crippen LogP contribution in [0.15, 0.2) is 30.4 Å². The molecule has 0 bridgehead atoms. The molecule has 1 aromatic rings. The normalized spacial score (nSPS) is 10.8. The van der Waals surface area contributed by atoms with E-state index < -0.39 is 0 Å². The average molecular weight is 190 g/mol. The van der Waals surface area contributed by atoms with E-state index in [-0.39, 0.29) is 0 Å². The van der Waals surface area contributed by atoms with Crippen molar-refractivity contribution in [3.63, 3.8) is 0 Å². The zero-order chi connectivity index (χ0) is 10.4. The molecule has 1 aromatic carbocycles. The first kappa shape index (κ1) is 10.8. The van der Waals surface area contributed by atoms with Gasteiger partial charge in [0.1, 0.15) is 5.75 Å². The van der Waals surface area contributed by atoms with E-state index in [2.05, 4.69) is 31.2 Å². The number of allylic oxidation sites excluding steroid dienone is 2. The standard InChI is InChI=1S/C13H18O/c1-4-5-6-7-12-10-11(2)8-9-13(12)14-3/h4-5,8-10H,6-7H2,1-3H3/b5-4-. The number of hydrogen-bond acceptors (Lipinski definition) is 1. The quantitative estimate of drug-likeness (QED) is 0.660. The second-order valence-electron chi connectivity index (χ2n) is 3.42. The highest BCUT2D eigenvalue weighted by molar-refractivity contribution is 5.37. The molecular formula is C13H18O. The van der Waals surface area contributed by atoms with Crippen LogP contribution in [0.1, 0.15) is 24.5 Å². The second-order valence-corrected chi connectivity index (χ2v) is 3.42. The molecular weight excluding hydrogens is 172 g/mol. The van der Waals surface area contributed by atoms with Gasteiger partial charge in [0.2, 0.25) is 0 Å². The molecule has 0 unspecified atom stereocenters. The molecule has 0 aromatic heterocycles. The van der Waals surface area contributed by atoms with Gasteiger partial charge in [-0.15, -0.1) is 0 Å². The van der Waals surface area contributed by atoms with Crippen molar-refractivity contribution in [2.75, 3.05) is 7.11 Å². The molecule has 76 valence electrons. The summed E-state index contributed by atoms with van der Waals surface area (Å²) in [4.78, 5) is 0. The number of aryl methyl sites for hydroxylation is 2. The fourth-order valence-corrected chi connectivity index (χ4v) is 1.51. The first-order chi connectivity index (χ1) is 6.77. The molecule has 1 rings (SSSR count). The Morgan fingerprint density at radius 3 is 2.79 bits per heavy atom. The summed E-state index contributed by atoms with van der Waals surface area (Å²) in [6.45, 7) is 4.16. The van der Waals surface area contributed by atoms with E-state index in [0.29, 0.717) is 0 Å². The molecule has 1 heteroatoms. The number of benzene rings is 1. The van der Waals surface area contributed by atoms with Crippen LogP contribution in [0.25, 0.3) is 0 Å². The maximum atomic E-state index is 5.31. The molecule has 0 aliphatic carbocycles. The van der Waals surface area contributed by atoms with Crippen molar-refractivity contribution in [3.05, 3.63) is 41.5 Å². The molecule has 0 amide bonds. The van der Waals surface area contributed by atoms with Gasteiger partial charge in [-0.05, 0) is 38.3 Å². The van der Waals surface area contributed by atoms with E-state index in [1.54, 1.807) is 7.11 Å². The Labute approximate surface area is 86.4 Å². The lowest BCUT2D eigenvalue weighted by Crippen LogP contribution is -1.92. The molecule has 0 heterocycles. The summed E-state index contributed by atoms with van der Waals surface area (Å²) in [6.07, 6.45) is 6.40. The third-order valence-corrected chi connectivity index (χ3v) is 2.25. The summed E-state index contributed by atoms with van der Waals surface area (Å²) < 4.78 is 5.31. The fraction of sp³-hybridized carbons (Fsp3) is 0.385. The Hall–Kier alpha value is -1.24. The Morgan fingerprint density at radius 2 is 2.14 bits per heavy atom. The number of rotatable bonds is 4. The average Bonchev–Trinajstić information content (AvgIpc) is 2.19. The Bertz CT molecular complexity index is 313. The van der Waals surface area contributed by atoms with Gasteiger partial charge in [-0.2, -0.15) is 0 Å². The van der Waals surface area contributed by atoms with Gasteiger partial charge in [0.05, 0.1) is 7.11 Å². The third-order valence-electron chi connectivity index (χ3n) is 2.25. The highest BCUT2D eigenvalue weighted by Gasteiger charge is 2.01. The second kappa shape index (κ2) is 5.48. The van der Waals surface area contributed by atoms with Crippen molar-refractivity contribution in [2.24, 2.45) is 0 Å². The van der Waals surface area contributed by atoms with Gasteiger partial charge in [0.15, 0.2) is 0 Å². The lowest BCUT2D eigenvalue weighted by Gasteiger charge is -2.08. The van der Waals surface area contributed by atoms with Crippen LogP contribution in [0.4, 0.5) is 0 Å². The van der Waals surface area contributed by atoms with Crippen molar-refractivity contribution in [1.29, 1.82) is 0 Å². The molecule has 1 nitrogen and oxygen atoms in total. The molecule has 0 aliphatic heterocycles. The molecule has 0 saturated heterocycles. The summed E-state index contributed by atoms with van der Waals surface area (Å²) >= 11 is 0. The van der Waals surface area contributed by atoms with Crippen molar-refractivity contribution >= 4 is 0 Å². The molecule has 0 fully saturated rings. The lowest BCUT2D eigenvalue weighted by molar-refractivity contribution is 0.409. The summed E-state index contributed by atoms with van der Waals surface area (Å²) in [6, 6.07) is 6.32. The molecule has 14 heavy (non-hydrogen) atoms. The SMILES string of the molecule is C/C=C\CCc1cc(C)ccc1OC.